The zero-order valence-corrected chi connectivity index (χ0v) is 7.73. The molecule has 12 heavy (non-hydrogen) atoms. The molecule has 0 bridgehead atoms. The Bertz CT molecular complexity index is 353. The van der Waals surface area contributed by atoms with Crippen LogP contribution in [0.3, 0.4) is 0 Å². The van der Waals surface area contributed by atoms with E-state index in [0.29, 0.717) is 5.69 Å². The van der Waals surface area contributed by atoms with E-state index in [2.05, 4.69) is 10.6 Å². The molecule has 1 aromatic rings. The van der Waals surface area contributed by atoms with E-state index in [1.807, 2.05) is 0 Å². The van der Waals surface area contributed by atoms with Crippen LogP contribution in [0.1, 0.15) is 0 Å². The molecule has 4 heteroatoms. The Labute approximate surface area is 72.7 Å². The fourth-order valence-electron chi connectivity index (χ4n) is 0.800. The first-order chi connectivity index (χ1) is 5.47. The van der Waals surface area contributed by atoms with Crippen molar-refractivity contribution in [3.8, 4) is 0 Å². The Kier molecular flexibility index (Phi) is 2.28. The molecule has 0 fully saturated rings. The molecule has 0 aliphatic rings. The van der Waals surface area contributed by atoms with Crippen LogP contribution in [0.15, 0.2) is 24.3 Å². The van der Waals surface area contributed by atoms with Crippen LogP contribution >= 0.6 is 0 Å². The zero-order valence-electron chi connectivity index (χ0n) is 6.91. The van der Waals surface area contributed by atoms with Crippen LogP contribution in [-0.4, -0.2) is 16.3 Å². The molecule has 0 aromatic heterocycles. The lowest BCUT2D eigenvalue weighted by Gasteiger charge is -2.06. The van der Waals surface area contributed by atoms with Gasteiger partial charge in [0.1, 0.15) is 0 Å². The second-order valence-corrected chi connectivity index (χ2v) is 4.94. The van der Waals surface area contributed by atoms with Gasteiger partial charge in [-0.3, -0.25) is 0 Å². The predicted octanol–water partition coefficient (Wildman–Crippen LogP) is 0.942. The molecule has 3 N–H and O–H groups in total. The molecule has 0 aliphatic carbocycles. The minimum Gasteiger partial charge on any atom is -0.399 e. The van der Waals surface area contributed by atoms with E-state index in [1.165, 1.54) is 0 Å². The van der Waals surface area contributed by atoms with Crippen molar-refractivity contribution in [1.29, 1.82) is 0 Å². The van der Waals surface area contributed by atoms with E-state index >= 15 is 0 Å². The largest absolute Gasteiger partial charge is 0.399 e. The molecule has 1 rings (SSSR count). The Balaban J connectivity index is 2.85. The van der Waals surface area contributed by atoms with Gasteiger partial charge in [0.25, 0.3) is 0 Å². The highest BCUT2D eigenvalue weighted by Crippen LogP contribution is 2.11. The van der Waals surface area contributed by atoms with Gasteiger partial charge in [0.2, 0.25) is 0 Å². The normalized spacial score (nSPS) is 15.1. The Hall–Kier alpha value is -1.16. The Morgan fingerprint density at radius 1 is 1.42 bits per heavy atom. The molecule has 0 saturated heterocycles. The highest BCUT2D eigenvalue weighted by Gasteiger charge is 1.94. The van der Waals surface area contributed by atoms with E-state index < -0.39 is 9.71 Å². The summed E-state index contributed by atoms with van der Waals surface area (Å²) in [5, 5.41) is 0. The van der Waals surface area contributed by atoms with Crippen molar-refractivity contribution in [2.24, 2.45) is 0 Å². The fourth-order valence-corrected chi connectivity index (χ4v) is 1.44. The van der Waals surface area contributed by atoms with Crippen molar-refractivity contribution < 1.29 is 4.21 Å². The van der Waals surface area contributed by atoms with Crippen molar-refractivity contribution in [2.75, 3.05) is 16.7 Å². The summed E-state index contributed by atoms with van der Waals surface area (Å²) >= 11 is 0. The molecule has 0 aliphatic heterocycles. The van der Waals surface area contributed by atoms with Gasteiger partial charge in [0, 0.05) is 27.3 Å². The van der Waals surface area contributed by atoms with Crippen molar-refractivity contribution in [2.45, 2.75) is 0 Å². The van der Waals surface area contributed by atoms with Gasteiger partial charge in [-0.1, -0.05) is 0 Å². The number of hydrogen-bond acceptors (Lipinski definition) is 2. The van der Waals surface area contributed by atoms with Gasteiger partial charge in [-0.15, -0.1) is 0 Å². The van der Waals surface area contributed by atoms with E-state index in [-0.39, 0.29) is 0 Å². The molecule has 1 atom stereocenters. The molecular weight excluding hydrogens is 172 g/mol. The molecular formula is C8H12N2OS. The summed E-state index contributed by atoms with van der Waals surface area (Å²) in [5.74, 6) is 3.47. The summed E-state index contributed by atoms with van der Waals surface area (Å²) in [6.45, 7) is 0. The second kappa shape index (κ2) is 3.06. The second-order valence-electron chi connectivity index (χ2n) is 2.73. The smallest absolute Gasteiger partial charge is 0.0458 e. The zero-order chi connectivity index (χ0) is 9.19. The molecule has 3 nitrogen and oxygen atoms in total. The van der Waals surface area contributed by atoms with Crippen molar-refractivity contribution in [3.05, 3.63) is 24.3 Å². The Morgan fingerprint density at radius 2 is 1.92 bits per heavy atom. The number of rotatable bonds is 2. The van der Waals surface area contributed by atoms with Gasteiger partial charge in [0.05, 0.1) is 0 Å². The third-order valence-electron chi connectivity index (χ3n) is 1.24. The van der Waals surface area contributed by atoms with Crippen LogP contribution in [0, 0.1) is 0 Å². The van der Waals surface area contributed by atoms with Gasteiger partial charge in [-0.2, -0.15) is 0 Å². The standard InChI is InChI=1S/C8H12N2OS/c1-12(2,11)10-8-5-3-7(9)4-6-8/h3-6H,1,9H2,2H3,(H,10,11). The lowest BCUT2D eigenvalue weighted by molar-refractivity contribution is 0.688. The van der Waals surface area contributed by atoms with Gasteiger partial charge < -0.3 is 10.5 Å². The van der Waals surface area contributed by atoms with Crippen LogP contribution < -0.4 is 10.5 Å². The molecule has 0 amide bonds. The number of nitrogens with one attached hydrogen (secondary N) is 1. The van der Waals surface area contributed by atoms with Crippen LogP contribution in [0.25, 0.3) is 0 Å². The number of benzene rings is 1. The number of nitrogen functional groups attached to an aromatic ring is 1. The minimum absolute atomic E-state index is 0.687. The average Bonchev–Trinajstić information content (AvgIpc) is 1.91. The maximum atomic E-state index is 11.2. The first kappa shape index (κ1) is 8.93. The SMILES string of the molecule is C=S(C)(=O)Nc1ccc(N)cc1. The van der Waals surface area contributed by atoms with Crippen LogP contribution in [-0.2, 0) is 9.71 Å². The molecule has 1 aromatic carbocycles. The quantitative estimate of drug-likeness (QED) is 0.531. The van der Waals surface area contributed by atoms with Crippen molar-refractivity contribution in [1.82, 2.24) is 0 Å². The summed E-state index contributed by atoms with van der Waals surface area (Å²) in [6, 6.07) is 7.02. The predicted molar refractivity (Wildman–Crippen MR) is 55.7 cm³/mol. The van der Waals surface area contributed by atoms with Crippen LogP contribution in [0.4, 0.5) is 11.4 Å². The number of hydrogen-bond donors (Lipinski definition) is 2. The fraction of sp³-hybridized carbons (Fsp3) is 0.125. The average molecular weight is 184 g/mol. The lowest BCUT2D eigenvalue weighted by atomic mass is 10.3. The van der Waals surface area contributed by atoms with E-state index in [9.17, 15) is 4.21 Å². The third kappa shape index (κ3) is 2.84. The van der Waals surface area contributed by atoms with Gasteiger partial charge >= 0.3 is 0 Å². The summed E-state index contributed by atoms with van der Waals surface area (Å²) in [5.41, 5.74) is 6.93. The van der Waals surface area contributed by atoms with Crippen molar-refractivity contribution >= 4 is 27.0 Å². The molecule has 66 valence electrons. The first-order valence-corrected chi connectivity index (χ1v) is 5.56. The first-order valence-electron chi connectivity index (χ1n) is 3.43. The van der Waals surface area contributed by atoms with E-state index in [0.717, 1.165) is 5.69 Å². The van der Waals surface area contributed by atoms with E-state index in [4.69, 9.17) is 5.73 Å². The number of nitrogens with two attached hydrogens (primary N) is 1. The maximum Gasteiger partial charge on any atom is 0.0458 e. The van der Waals surface area contributed by atoms with Crippen LogP contribution in [0.5, 0.6) is 0 Å². The third-order valence-corrected chi connectivity index (χ3v) is 1.91. The summed E-state index contributed by atoms with van der Waals surface area (Å²) in [6.07, 6.45) is 1.54. The lowest BCUT2D eigenvalue weighted by Crippen LogP contribution is -2.08. The molecule has 0 heterocycles. The summed E-state index contributed by atoms with van der Waals surface area (Å²) < 4.78 is 14.0. The maximum absolute atomic E-state index is 11.2. The molecule has 0 saturated carbocycles. The minimum atomic E-state index is -2.18. The van der Waals surface area contributed by atoms with Gasteiger partial charge in [-0.05, 0) is 30.1 Å². The molecule has 0 spiro atoms. The summed E-state index contributed by atoms with van der Waals surface area (Å²) in [7, 11) is -2.18. The monoisotopic (exact) mass is 184 g/mol. The topological polar surface area (TPSA) is 55.1 Å². The van der Waals surface area contributed by atoms with Crippen molar-refractivity contribution in [3.63, 3.8) is 0 Å². The van der Waals surface area contributed by atoms with Crippen LogP contribution in [0.2, 0.25) is 0 Å². The molecule has 0 radical (unpaired) electrons. The Morgan fingerprint density at radius 3 is 2.33 bits per heavy atom. The number of anilines is 2. The summed E-state index contributed by atoms with van der Waals surface area (Å²) in [4.78, 5) is 0. The van der Waals surface area contributed by atoms with Gasteiger partial charge in [0.15, 0.2) is 0 Å². The highest BCUT2D eigenvalue weighted by molar-refractivity contribution is 8.00. The highest BCUT2D eigenvalue weighted by atomic mass is 32.2. The van der Waals surface area contributed by atoms with E-state index in [1.54, 1.807) is 30.5 Å². The van der Waals surface area contributed by atoms with Gasteiger partial charge in [-0.25, -0.2) is 4.21 Å². The molecule has 1 unspecified atom stereocenters.